The zero-order valence-corrected chi connectivity index (χ0v) is 31.8. The van der Waals surface area contributed by atoms with Crippen LogP contribution in [0.5, 0.6) is 5.75 Å². The van der Waals surface area contributed by atoms with Gasteiger partial charge >= 0.3 is 0 Å². The Kier molecular flexibility index (Phi) is 11.1. The molecule has 6 atom stereocenters. The summed E-state index contributed by atoms with van der Waals surface area (Å²) in [5, 5.41) is 7.32. The van der Waals surface area contributed by atoms with E-state index in [0.717, 1.165) is 67.3 Å². The van der Waals surface area contributed by atoms with Gasteiger partial charge in [-0.25, -0.2) is 0 Å². The maximum absolute atomic E-state index is 13.9. The third-order valence-electron chi connectivity index (χ3n) is 11.8. The predicted octanol–water partition coefficient (Wildman–Crippen LogP) is 6.59. The number of aryl methyl sites for hydroxylation is 3. The molecule has 1 N–H and O–H groups in total. The molecule has 1 spiro atoms. The molecule has 0 saturated heterocycles. The number of carbonyl (C=O) groups excluding carboxylic acids is 2. The number of fused-ring (bicyclic) bond motifs is 4. The molecule has 2 bridgehead atoms. The molecule has 2 amide bonds. The molecule has 0 radical (unpaired) electrons. The topological polar surface area (TPSA) is 115 Å². The minimum absolute atomic E-state index is 0.0543. The number of ether oxygens (including phenoxy) is 2. The first-order chi connectivity index (χ1) is 25.1. The highest BCUT2D eigenvalue weighted by Gasteiger charge is 2.44. The van der Waals surface area contributed by atoms with E-state index in [2.05, 4.69) is 44.0 Å². The minimum atomic E-state index is -1.90. The highest BCUT2D eigenvalue weighted by molar-refractivity contribution is 7.76. The summed E-state index contributed by atoms with van der Waals surface area (Å²) < 4.78 is 32.6. The highest BCUT2D eigenvalue weighted by Crippen LogP contribution is 2.47. The number of benzene rings is 2. The SMILES string of the molecule is COC1C=CCC(C)C(CNC(=O)CCc2ccnn2C)[S-](=O)=NC(=O)c2ccc3c(c2)N(CC2CCC21)CC1(CCCc2cc(Cl)ccc21)CO3. The molecule has 3 aromatic rings. The lowest BCUT2D eigenvalue weighted by Crippen LogP contribution is -2.49. The van der Waals surface area contributed by atoms with E-state index in [9.17, 15) is 13.8 Å². The Morgan fingerprint density at radius 2 is 2.06 bits per heavy atom. The van der Waals surface area contributed by atoms with Crippen molar-refractivity contribution in [3.63, 3.8) is 0 Å². The van der Waals surface area contributed by atoms with Crippen LogP contribution in [0.25, 0.3) is 0 Å². The van der Waals surface area contributed by atoms with Crippen LogP contribution in [-0.2, 0) is 49.6 Å². The summed E-state index contributed by atoms with van der Waals surface area (Å²) in [4.78, 5) is 29.1. The number of hydrogen-bond donors (Lipinski definition) is 1. The maximum atomic E-state index is 13.9. The second kappa shape index (κ2) is 15.7. The van der Waals surface area contributed by atoms with Crippen LogP contribution in [0.4, 0.5) is 5.69 Å². The molecule has 2 aromatic carbocycles. The normalized spacial score (nSPS) is 27.8. The zero-order chi connectivity index (χ0) is 36.4. The van der Waals surface area contributed by atoms with E-state index in [4.69, 9.17) is 21.1 Å². The van der Waals surface area contributed by atoms with E-state index in [0.29, 0.717) is 36.8 Å². The van der Waals surface area contributed by atoms with Crippen molar-refractivity contribution >= 4 is 39.7 Å². The number of carbonyl (C=O) groups is 2. The Bertz CT molecular complexity index is 1920. The van der Waals surface area contributed by atoms with Gasteiger partial charge in [-0.3, -0.25) is 14.3 Å². The Labute approximate surface area is 313 Å². The van der Waals surface area contributed by atoms with Gasteiger partial charge in [-0.05, 0) is 104 Å². The fourth-order valence-electron chi connectivity index (χ4n) is 8.62. The molecule has 52 heavy (non-hydrogen) atoms. The van der Waals surface area contributed by atoms with Crippen LogP contribution in [0.1, 0.15) is 72.6 Å². The largest absolute Gasteiger partial charge is 0.490 e. The summed E-state index contributed by atoms with van der Waals surface area (Å²) in [6.07, 6.45) is 12.5. The van der Waals surface area contributed by atoms with Gasteiger partial charge in [-0.2, -0.15) is 15.7 Å². The van der Waals surface area contributed by atoms with Crippen molar-refractivity contribution in [2.75, 3.05) is 38.3 Å². The third kappa shape index (κ3) is 7.68. The molecule has 12 heteroatoms. The van der Waals surface area contributed by atoms with Crippen molar-refractivity contribution in [1.82, 2.24) is 15.1 Å². The van der Waals surface area contributed by atoms with Crippen molar-refractivity contribution in [3.05, 3.63) is 88.2 Å². The minimum Gasteiger partial charge on any atom is -0.490 e. The van der Waals surface area contributed by atoms with Gasteiger partial charge in [-0.15, -0.1) is 0 Å². The lowest BCUT2D eigenvalue weighted by molar-refractivity contribution is -0.121. The Morgan fingerprint density at radius 3 is 2.83 bits per heavy atom. The molecule has 2 aliphatic heterocycles. The number of nitrogens with one attached hydrogen (secondary N) is 1. The highest BCUT2D eigenvalue weighted by atomic mass is 35.5. The van der Waals surface area contributed by atoms with Gasteiger partial charge in [0.25, 0.3) is 5.91 Å². The molecule has 4 aliphatic rings. The van der Waals surface area contributed by atoms with Gasteiger partial charge in [0.05, 0.1) is 18.4 Å². The zero-order valence-electron chi connectivity index (χ0n) is 30.3. The summed E-state index contributed by atoms with van der Waals surface area (Å²) in [6.45, 7) is 4.21. The summed E-state index contributed by atoms with van der Waals surface area (Å²) in [7, 11) is 1.72. The molecule has 6 unspecified atom stereocenters. The van der Waals surface area contributed by atoms with Crippen LogP contribution in [0.3, 0.4) is 0 Å². The van der Waals surface area contributed by atoms with Crippen LogP contribution in [-0.4, -0.2) is 66.3 Å². The van der Waals surface area contributed by atoms with Crippen molar-refractivity contribution in [2.24, 2.45) is 29.2 Å². The first-order valence-electron chi connectivity index (χ1n) is 18.5. The van der Waals surface area contributed by atoms with E-state index < -0.39 is 21.8 Å². The average molecular weight is 747 g/mol. The molecular weight excluding hydrogens is 698 g/mol. The van der Waals surface area contributed by atoms with E-state index in [1.54, 1.807) is 24.1 Å². The Morgan fingerprint density at radius 1 is 1.19 bits per heavy atom. The lowest BCUT2D eigenvalue weighted by atomic mass is 9.68. The first kappa shape index (κ1) is 36.7. The van der Waals surface area contributed by atoms with Crippen LogP contribution in [0.2, 0.25) is 5.02 Å². The second-order valence-corrected chi connectivity index (χ2v) is 16.9. The molecule has 278 valence electrons. The van der Waals surface area contributed by atoms with Gasteiger partial charge in [-0.1, -0.05) is 47.9 Å². The van der Waals surface area contributed by atoms with E-state index in [1.165, 1.54) is 11.1 Å². The van der Waals surface area contributed by atoms with Gasteiger partial charge in [0.15, 0.2) is 0 Å². The van der Waals surface area contributed by atoms with E-state index in [1.807, 2.05) is 38.2 Å². The van der Waals surface area contributed by atoms with Gasteiger partial charge in [0.2, 0.25) is 5.91 Å². The molecule has 1 aromatic heterocycles. The van der Waals surface area contributed by atoms with Gasteiger partial charge in [0, 0.05) is 68.1 Å². The summed E-state index contributed by atoms with van der Waals surface area (Å²) in [5.74, 6) is 0.643. The Balaban J connectivity index is 1.20. The number of amides is 2. The number of anilines is 1. The Hall–Kier alpha value is -3.67. The van der Waals surface area contributed by atoms with E-state index >= 15 is 0 Å². The first-order valence-corrected chi connectivity index (χ1v) is 20.1. The van der Waals surface area contributed by atoms with Crippen molar-refractivity contribution in [2.45, 2.75) is 75.1 Å². The number of methoxy groups -OCH3 is 1. The molecule has 1 saturated carbocycles. The van der Waals surface area contributed by atoms with Crippen molar-refractivity contribution in [3.8, 4) is 5.75 Å². The number of rotatable bonds is 6. The smallest absolute Gasteiger partial charge is 0.254 e. The van der Waals surface area contributed by atoms with Crippen LogP contribution >= 0.6 is 11.6 Å². The summed E-state index contributed by atoms with van der Waals surface area (Å²) >= 11 is 6.46. The van der Waals surface area contributed by atoms with Crippen molar-refractivity contribution in [1.29, 1.82) is 0 Å². The van der Waals surface area contributed by atoms with Crippen LogP contribution in [0, 0.1) is 17.8 Å². The monoisotopic (exact) mass is 746 g/mol. The summed E-state index contributed by atoms with van der Waals surface area (Å²) in [5.41, 5.74) is 4.51. The fraction of sp³-hybridized carbons (Fsp3) is 0.525. The molecule has 3 heterocycles. The number of hydrogen-bond acceptors (Lipinski definition) is 8. The number of nitrogens with zero attached hydrogens (tertiary/aromatic N) is 4. The lowest BCUT2D eigenvalue weighted by Gasteiger charge is -2.46. The fourth-order valence-corrected chi connectivity index (χ4v) is 9.96. The molecular formula is C40H49ClN5O5S-. The predicted molar refractivity (Wildman–Crippen MR) is 203 cm³/mol. The van der Waals surface area contributed by atoms with Gasteiger partial charge in [0.1, 0.15) is 5.75 Å². The third-order valence-corrected chi connectivity index (χ3v) is 13.6. The van der Waals surface area contributed by atoms with E-state index in [-0.39, 0.29) is 36.3 Å². The average Bonchev–Trinajstić information content (AvgIpc) is 3.47. The van der Waals surface area contributed by atoms with Gasteiger partial charge < -0.3 is 28.3 Å². The van der Waals surface area contributed by atoms with Crippen molar-refractivity contribution < 1.29 is 23.3 Å². The number of halogens is 1. The molecule has 10 nitrogen and oxygen atoms in total. The van der Waals surface area contributed by atoms with Crippen LogP contribution in [0.15, 0.2) is 65.2 Å². The number of aromatic nitrogens is 2. The number of allylic oxidation sites excluding steroid dienone is 1. The quantitative estimate of drug-likeness (QED) is 0.224. The molecule has 1 fully saturated rings. The maximum Gasteiger partial charge on any atom is 0.254 e. The summed E-state index contributed by atoms with van der Waals surface area (Å²) in [6, 6.07) is 13.6. The molecule has 2 aliphatic carbocycles. The second-order valence-electron chi connectivity index (χ2n) is 15.1. The standard InChI is InChI=1S/C40H49ClN5O5S/c1-26-6-4-8-35(50-3)32-13-9-29(32)23-46-24-40(18-5-7-27-20-30(41)11-14-33(27)40)25-51-36-15-10-28(21-34(36)46)39(48)44-52(49)37(26)22-42-38(47)16-12-31-17-19-43-45(31)2/h4,8,10-11,14-15,17,19-21,26,29,32,35,37H,5-7,9,12-13,16,18,22-25H2,1-3H3,(H,42,47)/q-1. The van der Waals surface area contributed by atoms with Crippen LogP contribution < -0.4 is 15.0 Å². The molecule has 7 rings (SSSR count).